The molecule has 4 aromatic rings. The number of aromatic nitrogens is 1. The maximum atomic E-state index is 13.9. The van der Waals surface area contributed by atoms with Gasteiger partial charge in [0.15, 0.2) is 0 Å². The smallest absolute Gasteiger partial charge is 0.243 e. The second-order valence-corrected chi connectivity index (χ2v) is 10.3. The molecule has 1 aliphatic rings. The van der Waals surface area contributed by atoms with Crippen LogP contribution in [0.5, 0.6) is 0 Å². The number of amides is 2. The number of hydrogen-bond donors (Lipinski definition) is 3. The van der Waals surface area contributed by atoms with E-state index in [2.05, 4.69) is 28.6 Å². The largest absolute Gasteiger partial charge is 0.361 e. The van der Waals surface area contributed by atoms with E-state index in [0.717, 1.165) is 46.9 Å². The predicted molar refractivity (Wildman–Crippen MR) is 148 cm³/mol. The second kappa shape index (κ2) is 11.5. The lowest BCUT2D eigenvalue weighted by atomic mass is 9.85. The first kappa shape index (κ1) is 24.8. The van der Waals surface area contributed by atoms with Crippen LogP contribution in [0.4, 0.5) is 0 Å². The molecule has 190 valence electrons. The molecule has 0 spiro atoms. The van der Waals surface area contributed by atoms with E-state index in [4.69, 9.17) is 0 Å². The molecule has 3 aromatic carbocycles. The van der Waals surface area contributed by atoms with Gasteiger partial charge in [0.1, 0.15) is 6.04 Å². The minimum absolute atomic E-state index is 0.114. The number of carbonyl (C=O) groups is 2. The number of rotatable bonds is 8. The van der Waals surface area contributed by atoms with E-state index in [1.54, 1.807) is 0 Å². The Labute approximate surface area is 218 Å². The molecule has 0 bridgehead atoms. The van der Waals surface area contributed by atoms with E-state index in [-0.39, 0.29) is 17.9 Å². The highest BCUT2D eigenvalue weighted by Gasteiger charge is 2.31. The average Bonchev–Trinajstić information content (AvgIpc) is 3.34. The molecule has 0 saturated heterocycles. The highest BCUT2D eigenvalue weighted by Crippen LogP contribution is 2.27. The molecule has 5 nitrogen and oxygen atoms in total. The summed E-state index contributed by atoms with van der Waals surface area (Å²) >= 11 is 0. The van der Waals surface area contributed by atoms with Crippen LogP contribution in [0.1, 0.15) is 55.2 Å². The standard InChI is InChI=1S/C32H35N3O2/c1-22-12-8-10-18-27(22)34-31(36)29(20-25-21-33-28-19-11-9-17-26(25)28)35-32(37)30(23-13-4-2-5-14-23)24-15-6-3-7-16-24/h2-7,9,11,13-17,19,21-22,27,29-30,33H,8,10,12,18,20H2,1H3,(H,34,36)(H,35,37)/t22-,27+,29-/m0/s1. The molecule has 1 saturated carbocycles. The number of hydrogen-bond acceptors (Lipinski definition) is 2. The van der Waals surface area contributed by atoms with Gasteiger partial charge in [0.25, 0.3) is 0 Å². The zero-order chi connectivity index (χ0) is 25.6. The van der Waals surface area contributed by atoms with Gasteiger partial charge in [0, 0.05) is 29.6 Å². The van der Waals surface area contributed by atoms with Crippen molar-refractivity contribution in [2.45, 2.75) is 57.0 Å². The maximum Gasteiger partial charge on any atom is 0.243 e. The predicted octanol–water partition coefficient (Wildman–Crippen LogP) is 5.72. The average molecular weight is 494 g/mol. The SMILES string of the molecule is C[C@H]1CCCC[C@H]1NC(=O)[C@H](Cc1c[nH]c2ccccc12)NC(=O)C(c1ccccc1)c1ccccc1. The van der Waals surface area contributed by atoms with Crippen molar-refractivity contribution >= 4 is 22.7 Å². The highest BCUT2D eigenvalue weighted by molar-refractivity contribution is 5.93. The molecule has 0 radical (unpaired) electrons. The molecule has 5 rings (SSSR count). The quantitative estimate of drug-likeness (QED) is 0.294. The summed E-state index contributed by atoms with van der Waals surface area (Å²) in [5, 5.41) is 7.52. The number of benzene rings is 3. The van der Waals surface area contributed by atoms with Crippen molar-refractivity contribution in [1.82, 2.24) is 15.6 Å². The van der Waals surface area contributed by atoms with Gasteiger partial charge in [-0.15, -0.1) is 0 Å². The van der Waals surface area contributed by atoms with Gasteiger partial charge in [-0.1, -0.05) is 98.6 Å². The minimum Gasteiger partial charge on any atom is -0.361 e. The molecule has 5 heteroatoms. The summed E-state index contributed by atoms with van der Waals surface area (Å²) in [6.07, 6.45) is 6.80. The van der Waals surface area contributed by atoms with Crippen LogP contribution < -0.4 is 10.6 Å². The van der Waals surface area contributed by atoms with Gasteiger partial charge in [0.05, 0.1) is 5.92 Å². The summed E-state index contributed by atoms with van der Waals surface area (Å²) in [4.78, 5) is 30.9. The third kappa shape index (κ3) is 5.77. The molecule has 0 aliphatic heterocycles. The zero-order valence-corrected chi connectivity index (χ0v) is 21.3. The van der Waals surface area contributed by atoms with Gasteiger partial charge in [-0.05, 0) is 41.5 Å². The van der Waals surface area contributed by atoms with Crippen molar-refractivity contribution in [1.29, 1.82) is 0 Å². The molecule has 1 aromatic heterocycles. The van der Waals surface area contributed by atoms with Crippen LogP contribution in [0.3, 0.4) is 0 Å². The first-order chi connectivity index (χ1) is 18.1. The van der Waals surface area contributed by atoms with Crippen LogP contribution in [-0.2, 0) is 16.0 Å². The summed E-state index contributed by atoms with van der Waals surface area (Å²) in [5.74, 6) is -0.357. The second-order valence-electron chi connectivity index (χ2n) is 10.3. The Morgan fingerprint density at radius 1 is 0.838 bits per heavy atom. The Kier molecular flexibility index (Phi) is 7.69. The summed E-state index contributed by atoms with van der Waals surface area (Å²) in [5.41, 5.74) is 3.84. The molecular weight excluding hydrogens is 458 g/mol. The highest BCUT2D eigenvalue weighted by atomic mass is 16.2. The minimum atomic E-state index is -0.684. The molecule has 1 heterocycles. The normalized spacial score (nSPS) is 18.4. The third-order valence-electron chi connectivity index (χ3n) is 7.70. The molecule has 1 aliphatic carbocycles. The molecule has 3 N–H and O–H groups in total. The van der Waals surface area contributed by atoms with Crippen LogP contribution in [-0.4, -0.2) is 28.9 Å². The van der Waals surface area contributed by atoms with E-state index in [9.17, 15) is 9.59 Å². The fourth-order valence-electron chi connectivity index (χ4n) is 5.58. The lowest BCUT2D eigenvalue weighted by molar-refractivity contribution is -0.130. The van der Waals surface area contributed by atoms with Crippen molar-refractivity contribution in [3.8, 4) is 0 Å². The van der Waals surface area contributed by atoms with Gasteiger partial charge in [-0.2, -0.15) is 0 Å². The van der Waals surface area contributed by atoms with Crippen LogP contribution in [0.25, 0.3) is 10.9 Å². The van der Waals surface area contributed by atoms with Gasteiger partial charge >= 0.3 is 0 Å². The molecule has 0 unspecified atom stereocenters. The van der Waals surface area contributed by atoms with Crippen molar-refractivity contribution < 1.29 is 9.59 Å². The molecular formula is C32H35N3O2. The zero-order valence-electron chi connectivity index (χ0n) is 21.3. The summed E-state index contributed by atoms with van der Waals surface area (Å²) < 4.78 is 0. The number of nitrogens with one attached hydrogen (secondary N) is 3. The van der Waals surface area contributed by atoms with E-state index in [0.29, 0.717) is 12.3 Å². The maximum absolute atomic E-state index is 13.9. The van der Waals surface area contributed by atoms with Crippen LogP contribution in [0.15, 0.2) is 91.1 Å². The number of H-pyrrole nitrogens is 1. The van der Waals surface area contributed by atoms with Gasteiger partial charge < -0.3 is 15.6 Å². The van der Waals surface area contributed by atoms with Crippen molar-refractivity contribution in [2.75, 3.05) is 0 Å². The van der Waals surface area contributed by atoms with Gasteiger partial charge in [0.2, 0.25) is 11.8 Å². The Morgan fingerprint density at radius 2 is 1.46 bits per heavy atom. The first-order valence-electron chi connectivity index (χ1n) is 13.4. The Balaban J connectivity index is 1.44. The van der Waals surface area contributed by atoms with E-state index < -0.39 is 12.0 Å². The van der Waals surface area contributed by atoms with Crippen LogP contribution in [0, 0.1) is 5.92 Å². The van der Waals surface area contributed by atoms with E-state index in [1.165, 1.54) is 6.42 Å². The van der Waals surface area contributed by atoms with Gasteiger partial charge in [-0.25, -0.2) is 0 Å². The van der Waals surface area contributed by atoms with Crippen LogP contribution in [0.2, 0.25) is 0 Å². The Morgan fingerprint density at radius 3 is 2.14 bits per heavy atom. The monoisotopic (exact) mass is 493 g/mol. The van der Waals surface area contributed by atoms with Crippen molar-refractivity contribution in [3.63, 3.8) is 0 Å². The fraction of sp³-hybridized carbons (Fsp3) is 0.312. The summed E-state index contributed by atoms with van der Waals surface area (Å²) in [6, 6.07) is 27.1. The topological polar surface area (TPSA) is 74.0 Å². The van der Waals surface area contributed by atoms with E-state index in [1.807, 2.05) is 85.1 Å². The lowest BCUT2D eigenvalue weighted by Crippen LogP contribution is -2.53. The summed E-state index contributed by atoms with van der Waals surface area (Å²) in [6.45, 7) is 2.21. The molecule has 3 atom stereocenters. The fourth-order valence-corrected chi connectivity index (χ4v) is 5.58. The number of aromatic amines is 1. The lowest BCUT2D eigenvalue weighted by Gasteiger charge is -2.31. The van der Waals surface area contributed by atoms with Gasteiger partial charge in [-0.3, -0.25) is 9.59 Å². The van der Waals surface area contributed by atoms with E-state index >= 15 is 0 Å². The molecule has 1 fully saturated rings. The number of fused-ring (bicyclic) bond motifs is 1. The number of para-hydroxylation sites is 1. The van der Waals surface area contributed by atoms with Crippen molar-refractivity contribution in [3.05, 3.63) is 108 Å². The van der Waals surface area contributed by atoms with Crippen LogP contribution >= 0.6 is 0 Å². The third-order valence-corrected chi connectivity index (χ3v) is 7.70. The Bertz CT molecular complexity index is 1290. The number of carbonyl (C=O) groups excluding carboxylic acids is 2. The van der Waals surface area contributed by atoms with Crippen molar-refractivity contribution in [2.24, 2.45) is 5.92 Å². The molecule has 2 amide bonds. The first-order valence-corrected chi connectivity index (χ1v) is 13.4. The summed E-state index contributed by atoms with van der Waals surface area (Å²) in [7, 11) is 0. The molecule has 37 heavy (non-hydrogen) atoms. The Hall–Kier alpha value is -3.86.